The third-order valence-electron chi connectivity index (χ3n) is 3.65. The lowest BCUT2D eigenvalue weighted by Crippen LogP contribution is -2.10. The summed E-state index contributed by atoms with van der Waals surface area (Å²) in [6.07, 6.45) is 7.46. The summed E-state index contributed by atoms with van der Waals surface area (Å²) in [6.45, 7) is 6.40. The van der Waals surface area contributed by atoms with Crippen molar-refractivity contribution in [1.29, 1.82) is 0 Å². The van der Waals surface area contributed by atoms with Crippen molar-refractivity contribution in [3.63, 3.8) is 0 Å². The number of hydrogen-bond acceptors (Lipinski definition) is 2. The molecule has 4 heteroatoms. The van der Waals surface area contributed by atoms with Crippen LogP contribution < -0.4 is 0 Å². The summed E-state index contributed by atoms with van der Waals surface area (Å²) < 4.78 is 9.25. The first-order valence-electron chi connectivity index (χ1n) is 7.11. The molecule has 2 heterocycles. The highest BCUT2D eigenvalue weighted by atomic mass is 127. The molecule has 0 radical (unpaired) electrons. The maximum atomic E-state index is 5.67. The average Bonchev–Trinajstić information content (AvgIpc) is 2.97. The van der Waals surface area contributed by atoms with Crippen LogP contribution in [0.5, 0.6) is 0 Å². The zero-order valence-corrected chi connectivity index (χ0v) is 13.6. The lowest BCUT2D eigenvalue weighted by molar-refractivity contribution is 0.101. The molecule has 1 saturated heterocycles. The van der Waals surface area contributed by atoms with Crippen LogP contribution >= 0.6 is 22.6 Å². The maximum Gasteiger partial charge on any atom is 0.0758 e. The number of hydrogen-bond donors (Lipinski definition) is 0. The van der Waals surface area contributed by atoms with E-state index in [9.17, 15) is 0 Å². The van der Waals surface area contributed by atoms with Gasteiger partial charge in [0.2, 0.25) is 0 Å². The van der Waals surface area contributed by atoms with Gasteiger partial charge < -0.3 is 4.74 Å². The average molecular weight is 362 g/mol. The van der Waals surface area contributed by atoms with Gasteiger partial charge in [-0.15, -0.1) is 0 Å². The first kappa shape index (κ1) is 14.3. The molecule has 1 fully saturated rings. The molecule has 18 heavy (non-hydrogen) atoms. The molecule has 0 aromatic carbocycles. The smallest absolute Gasteiger partial charge is 0.0758 e. The van der Waals surface area contributed by atoms with E-state index in [0.29, 0.717) is 6.10 Å². The minimum absolute atomic E-state index is 0.510. The van der Waals surface area contributed by atoms with E-state index in [4.69, 9.17) is 9.84 Å². The molecular formula is C14H23IN2O. The molecular weight excluding hydrogens is 339 g/mol. The van der Waals surface area contributed by atoms with Crippen molar-refractivity contribution < 1.29 is 4.74 Å². The molecule has 0 N–H and O–H groups in total. The van der Waals surface area contributed by atoms with Gasteiger partial charge in [-0.05, 0) is 61.1 Å². The minimum Gasteiger partial charge on any atom is -0.378 e. The van der Waals surface area contributed by atoms with Gasteiger partial charge in [-0.2, -0.15) is 5.10 Å². The lowest BCUT2D eigenvalue weighted by atomic mass is 10.1. The van der Waals surface area contributed by atoms with E-state index in [-0.39, 0.29) is 0 Å². The van der Waals surface area contributed by atoms with E-state index in [1.54, 1.807) is 0 Å². The molecule has 0 spiro atoms. The summed E-state index contributed by atoms with van der Waals surface area (Å²) in [5.41, 5.74) is 2.66. The molecule has 1 aromatic heterocycles. The Morgan fingerprint density at radius 1 is 1.39 bits per heavy atom. The number of ether oxygens (including phenoxy) is 1. The maximum absolute atomic E-state index is 5.67. The minimum atomic E-state index is 0.510. The van der Waals surface area contributed by atoms with E-state index < -0.39 is 0 Å². The Balaban J connectivity index is 1.91. The van der Waals surface area contributed by atoms with Crippen LogP contribution in [0.1, 0.15) is 50.9 Å². The van der Waals surface area contributed by atoms with Gasteiger partial charge in [-0.25, -0.2) is 0 Å². The summed E-state index contributed by atoms with van der Waals surface area (Å²) in [4.78, 5) is 0. The Hall–Kier alpha value is -0.100. The highest BCUT2D eigenvalue weighted by molar-refractivity contribution is 14.1. The van der Waals surface area contributed by atoms with Gasteiger partial charge in [-0.3, -0.25) is 4.68 Å². The molecule has 0 aliphatic carbocycles. The molecule has 1 unspecified atom stereocenters. The van der Waals surface area contributed by atoms with E-state index >= 15 is 0 Å². The quantitative estimate of drug-likeness (QED) is 0.724. The number of aryl methyl sites for hydroxylation is 2. The van der Waals surface area contributed by atoms with Crippen molar-refractivity contribution >= 4 is 22.6 Å². The fourth-order valence-electron chi connectivity index (χ4n) is 2.62. The summed E-state index contributed by atoms with van der Waals surface area (Å²) in [5.74, 6) is 0. The zero-order chi connectivity index (χ0) is 13.0. The van der Waals surface area contributed by atoms with Crippen molar-refractivity contribution in [2.45, 2.75) is 65.0 Å². The predicted octanol–water partition coefficient (Wildman–Crippen LogP) is 3.57. The molecule has 0 amide bonds. The van der Waals surface area contributed by atoms with E-state index in [2.05, 4.69) is 41.1 Å². The molecule has 1 aliphatic rings. The Morgan fingerprint density at radius 3 is 2.83 bits per heavy atom. The van der Waals surface area contributed by atoms with Crippen molar-refractivity contribution in [1.82, 2.24) is 9.78 Å². The van der Waals surface area contributed by atoms with Gasteiger partial charge in [0, 0.05) is 13.2 Å². The largest absolute Gasteiger partial charge is 0.378 e. The molecule has 1 atom stereocenters. The monoisotopic (exact) mass is 362 g/mol. The third-order valence-corrected chi connectivity index (χ3v) is 4.89. The van der Waals surface area contributed by atoms with Crippen molar-refractivity contribution in [2.75, 3.05) is 6.61 Å². The summed E-state index contributed by atoms with van der Waals surface area (Å²) >= 11 is 2.44. The van der Waals surface area contributed by atoms with E-state index in [0.717, 1.165) is 26.0 Å². The van der Waals surface area contributed by atoms with Crippen molar-refractivity contribution in [2.24, 2.45) is 0 Å². The molecule has 102 valence electrons. The van der Waals surface area contributed by atoms with Gasteiger partial charge in [0.1, 0.15) is 0 Å². The van der Waals surface area contributed by atoms with Crippen LogP contribution in [0, 0.1) is 3.57 Å². The van der Waals surface area contributed by atoms with Crippen LogP contribution in [0.2, 0.25) is 0 Å². The van der Waals surface area contributed by atoms with Crippen LogP contribution in [0.25, 0.3) is 0 Å². The number of aromatic nitrogens is 2. The molecule has 1 aliphatic heterocycles. The van der Waals surface area contributed by atoms with Crippen LogP contribution in [0.15, 0.2) is 0 Å². The Morgan fingerprint density at radius 2 is 2.22 bits per heavy atom. The van der Waals surface area contributed by atoms with Gasteiger partial charge >= 0.3 is 0 Å². The Kier molecular flexibility index (Phi) is 5.48. The highest BCUT2D eigenvalue weighted by Gasteiger charge is 2.16. The van der Waals surface area contributed by atoms with Crippen LogP contribution in [-0.4, -0.2) is 22.5 Å². The number of rotatable bonds is 6. The molecule has 2 rings (SSSR count). The highest BCUT2D eigenvalue weighted by Crippen LogP contribution is 2.21. The predicted molar refractivity (Wildman–Crippen MR) is 81.9 cm³/mol. The Labute approximate surface area is 123 Å². The lowest BCUT2D eigenvalue weighted by Gasteiger charge is -2.10. The van der Waals surface area contributed by atoms with E-state index in [1.165, 1.54) is 40.6 Å². The summed E-state index contributed by atoms with van der Waals surface area (Å²) in [7, 11) is 0. The molecule has 0 saturated carbocycles. The first-order valence-corrected chi connectivity index (χ1v) is 8.19. The second-order valence-corrected chi connectivity index (χ2v) is 5.99. The van der Waals surface area contributed by atoms with Crippen molar-refractivity contribution in [3.05, 3.63) is 15.0 Å². The van der Waals surface area contributed by atoms with Crippen LogP contribution in [-0.2, 0) is 24.1 Å². The zero-order valence-electron chi connectivity index (χ0n) is 11.4. The van der Waals surface area contributed by atoms with Crippen LogP contribution in [0.4, 0.5) is 0 Å². The normalized spacial score (nSPS) is 19.6. The molecule has 3 nitrogen and oxygen atoms in total. The second-order valence-electron chi connectivity index (χ2n) is 4.91. The SMILES string of the molecule is CCc1nn(CCCC2CCCO2)c(CC)c1I. The number of halogens is 1. The Bertz CT molecular complexity index is 383. The van der Waals surface area contributed by atoms with Gasteiger partial charge in [0.05, 0.1) is 21.1 Å². The van der Waals surface area contributed by atoms with Gasteiger partial charge in [0.25, 0.3) is 0 Å². The topological polar surface area (TPSA) is 27.1 Å². The third kappa shape index (κ3) is 3.26. The summed E-state index contributed by atoms with van der Waals surface area (Å²) in [5, 5.41) is 4.73. The van der Waals surface area contributed by atoms with Gasteiger partial charge in [-0.1, -0.05) is 13.8 Å². The summed E-state index contributed by atoms with van der Waals surface area (Å²) in [6, 6.07) is 0. The van der Waals surface area contributed by atoms with Crippen molar-refractivity contribution in [3.8, 4) is 0 Å². The first-order chi connectivity index (χ1) is 8.76. The van der Waals surface area contributed by atoms with Crippen LogP contribution in [0.3, 0.4) is 0 Å². The fraction of sp³-hybridized carbons (Fsp3) is 0.786. The molecule has 1 aromatic rings. The van der Waals surface area contributed by atoms with E-state index in [1.807, 2.05) is 0 Å². The van der Waals surface area contributed by atoms with Gasteiger partial charge in [0.15, 0.2) is 0 Å². The number of nitrogens with zero attached hydrogens (tertiary/aromatic N) is 2. The second kappa shape index (κ2) is 6.89. The molecule has 0 bridgehead atoms. The fourth-order valence-corrected chi connectivity index (χ4v) is 3.77. The standard InChI is InChI=1S/C14H23IN2O/c1-3-12-14(15)13(4-2)17(16-12)9-5-7-11-8-6-10-18-11/h11H,3-10H2,1-2H3.